The fourth-order valence-corrected chi connectivity index (χ4v) is 2.42. The Morgan fingerprint density at radius 1 is 1.35 bits per heavy atom. The Bertz CT molecular complexity index is 366. The molecular formula is C14H21N3. The Morgan fingerprint density at radius 2 is 2.12 bits per heavy atom. The minimum Gasteiger partial charge on any atom is -0.387 e. The fraction of sp³-hybridized carbons (Fsp3) is 0.571. The number of hydrogen-bond donors (Lipinski definition) is 1. The van der Waals surface area contributed by atoms with Crippen LogP contribution in [0.4, 0.5) is 0 Å². The summed E-state index contributed by atoms with van der Waals surface area (Å²) in [5.74, 6) is 1.32. The summed E-state index contributed by atoms with van der Waals surface area (Å²) in [5.41, 5.74) is 7.10. The second kappa shape index (κ2) is 5.80. The molecule has 3 heteroatoms. The average Bonchev–Trinajstić information content (AvgIpc) is 2.40. The number of amidine groups is 1. The number of nitrogens with zero attached hydrogens (tertiary/aromatic N) is 2. The Labute approximate surface area is 103 Å². The van der Waals surface area contributed by atoms with E-state index >= 15 is 0 Å². The zero-order chi connectivity index (χ0) is 12.1. The number of aliphatic imine (C=N–C) groups is 1. The van der Waals surface area contributed by atoms with Crippen LogP contribution in [0.1, 0.15) is 50.8 Å². The highest BCUT2D eigenvalue weighted by atomic mass is 14.9. The first kappa shape index (κ1) is 12.1. The van der Waals surface area contributed by atoms with Crippen molar-refractivity contribution >= 4 is 5.84 Å². The summed E-state index contributed by atoms with van der Waals surface area (Å²) < 4.78 is 0. The van der Waals surface area contributed by atoms with Gasteiger partial charge < -0.3 is 5.73 Å². The van der Waals surface area contributed by atoms with Crippen molar-refractivity contribution in [3.63, 3.8) is 0 Å². The van der Waals surface area contributed by atoms with Gasteiger partial charge in [-0.1, -0.05) is 25.3 Å². The average molecular weight is 231 g/mol. The van der Waals surface area contributed by atoms with E-state index in [4.69, 9.17) is 5.73 Å². The number of rotatable bonds is 3. The molecule has 1 fully saturated rings. The van der Waals surface area contributed by atoms with E-state index in [1.54, 1.807) is 6.20 Å². The van der Waals surface area contributed by atoms with Crippen LogP contribution in [0, 0.1) is 5.92 Å². The van der Waals surface area contributed by atoms with Crippen molar-refractivity contribution in [1.29, 1.82) is 0 Å². The first-order chi connectivity index (χ1) is 8.27. The highest BCUT2D eigenvalue weighted by molar-refractivity contribution is 5.83. The Hall–Kier alpha value is -1.38. The van der Waals surface area contributed by atoms with Crippen molar-refractivity contribution in [2.75, 3.05) is 0 Å². The van der Waals surface area contributed by atoms with Crippen molar-refractivity contribution in [2.45, 2.75) is 45.1 Å². The van der Waals surface area contributed by atoms with Crippen LogP contribution in [0.25, 0.3) is 0 Å². The van der Waals surface area contributed by atoms with Gasteiger partial charge in [0.05, 0.1) is 17.6 Å². The summed E-state index contributed by atoms with van der Waals surface area (Å²) in [5, 5.41) is 0. The Kier molecular flexibility index (Phi) is 4.13. The van der Waals surface area contributed by atoms with Crippen LogP contribution in [-0.4, -0.2) is 10.8 Å². The molecule has 0 spiro atoms. The van der Waals surface area contributed by atoms with Gasteiger partial charge in [0.2, 0.25) is 0 Å². The highest BCUT2D eigenvalue weighted by Gasteiger charge is 2.17. The minimum absolute atomic E-state index is 0.0677. The standard InChI is InChI=1S/C14H21N3/c1-11(13-9-5-6-10-16-13)17-14(15)12-7-3-2-4-8-12/h5-6,9-12H,2-4,7-8H2,1H3,(H2,15,17). The largest absolute Gasteiger partial charge is 0.387 e. The van der Waals surface area contributed by atoms with E-state index in [-0.39, 0.29) is 6.04 Å². The van der Waals surface area contributed by atoms with Gasteiger partial charge in [-0.2, -0.15) is 0 Å². The lowest BCUT2D eigenvalue weighted by Gasteiger charge is -2.21. The van der Waals surface area contributed by atoms with E-state index in [1.165, 1.54) is 32.1 Å². The van der Waals surface area contributed by atoms with Crippen LogP contribution in [0.5, 0.6) is 0 Å². The van der Waals surface area contributed by atoms with E-state index in [0.717, 1.165) is 11.5 Å². The molecule has 0 saturated heterocycles. The van der Waals surface area contributed by atoms with Gasteiger partial charge in [0, 0.05) is 12.1 Å². The van der Waals surface area contributed by atoms with Crippen molar-refractivity contribution in [3.8, 4) is 0 Å². The number of aromatic nitrogens is 1. The number of nitrogens with two attached hydrogens (primary N) is 1. The van der Waals surface area contributed by atoms with Crippen LogP contribution in [-0.2, 0) is 0 Å². The van der Waals surface area contributed by atoms with Crippen molar-refractivity contribution < 1.29 is 0 Å². The summed E-state index contributed by atoms with van der Waals surface area (Å²) in [4.78, 5) is 8.92. The monoisotopic (exact) mass is 231 g/mol. The summed E-state index contributed by atoms with van der Waals surface area (Å²) in [6.07, 6.45) is 8.13. The molecule has 1 unspecified atom stereocenters. The van der Waals surface area contributed by atoms with Gasteiger partial charge in [-0.15, -0.1) is 0 Å². The molecule has 1 aromatic heterocycles. The molecule has 1 aromatic rings. The van der Waals surface area contributed by atoms with Crippen LogP contribution >= 0.6 is 0 Å². The quantitative estimate of drug-likeness (QED) is 0.642. The third-order valence-corrected chi connectivity index (χ3v) is 3.48. The van der Waals surface area contributed by atoms with Gasteiger partial charge in [-0.3, -0.25) is 9.98 Å². The van der Waals surface area contributed by atoms with Crippen LogP contribution < -0.4 is 5.73 Å². The van der Waals surface area contributed by atoms with E-state index < -0.39 is 0 Å². The topological polar surface area (TPSA) is 51.3 Å². The molecule has 1 saturated carbocycles. The molecule has 3 nitrogen and oxygen atoms in total. The van der Waals surface area contributed by atoms with Gasteiger partial charge >= 0.3 is 0 Å². The maximum Gasteiger partial charge on any atom is 0.0976 e. The van der Waals surface area contributed by atoms with Crippen LogP contribution in [0.3, 0.4) is 0 Å². The molecule has 1 heterocycles. The molecule has 0 radical (unpaired) electrons. The predicted molar refractivity (Wildman–Crippen MR) is 70.8 cm³/mol. The van der Waals surface area contributed by atoms with E-state index in [9.17, 15) is 0 Å². The molecule has 17 heavy (non-hydrogen) atoms. The SMILES string of the molecule is CC(N=C(N)C1CCCCC1)c1ccccn1. The number of pyridine rings is 1. The molecule has 1 aliphatic carbocycles. The van der Waals surface area contributed by atoms with Crippen molar-refractivity contribution in [2.24, 2.45) is 16.6 Å². The van der Waals surface area contributed by atoms with Crippen LogP contribution in [0.2, 0.25) is 0 Å². The maximum absolute atomic E-state index is 6.11. The summed E-state index contributed by atoms with van der Waals surface area (Å²) >= 11 is 0. The fourth-order valence-electron chi connectivity index (χ4n) is 2.42. The molecule has 2 N–H and O–H groups in total. The first-order valence-corrected chi connectivity index (χ1v) is 6.51. The first-order valence-electron chi connectivity index (χ1n) is 6.51. The van der Waals surface area contributed by atoms with E-state index in [1.807, 2.05) is 18.2 Å². The molecule has 1 atom stereocenters. The molecule has 2 rings (SSSR count). The summed E-state index contributed by atoms with van der Waals surface area (Å²) in [6.45, 7) is 2.05. The predicted octanol–water partition coefficient (Wildman–Crippen LogP) is 3.08. The molecule has 0 aliphatic heterocycles. The summed E-state index contributed by atoms with van der Waals surface area (Å²) in [6, 6.07) is 5.98. The van der Waals surface area contributed by atoms with Crippen LogP contribution in [0.15, 0.2) is 29.4 Å². The second-order valence-electron chi connectivity index (χ2n) is 4.82. The van der Waals surface area contributed by atoms with Crippen molar-refractivity contribution in [1.82, 2.24) is 4.98 Å². The lowest BCUT2D eigenvalue weighted by Crippen LogP contribution is -2.26. The zero-order valence-electron chi connectivity index (χ0n) is 10.5. The van der Waals surface area contributed by atoms with Gasteiger partial charge in [-0.25, -0.2) is 0 Å². The third kappa shape index (κ3) is 3.29. The molecule has 0 aromatic carbocycles. The molecule has 92 valence electrons. The zero-order valence-corrected chi connectivity index (χ0v) is 10.5. The lowest BCUT2D eigenvalue weighted by atomic mass is 9.88. The maximum atomic E-state index is 6.11. The normalized spacial score (nSPS) is 20.2. The Balaban J connectivity index is 2.02. The summed E-state index contributed by atoms with van der Waals surface area (Å²) in [7, 11) is 0. The lowest BCUT2D eigenvalue weighted by molar-refractivity contribution is 0.435. The van der Waals surface area contributed by atoms with Gasteiger partial charge in [0.1, 0.15) is 0 Å². The van der Waals surface area contributed by atoms with E-state index in [2.05, 4.69) is 16.9 Å². The third-order valence-electron chi connectivity index (χ3n) is 3.48. The van der Waals surface area contributed by atoms with Gasteiger partial charge in [-0.05, 0) is 31.9 Å². The molecule has 0 bridgehead atoms. The smallest absolute Gasteiger partial charge is 0.0976 e. The van der Waals surface area contributed by atoms with E-state index in [0.29, 0.717) is 5.92 Å². The molecule has 1 aliphatic rings. The van der Waals surface area contributed by atoms with Gasteiger partial charge in [0.25, 0.3) is 0 Å². The Morgan fingerprint density at radius 3 is 2.76 bits per heavy atom. The van der Waals surface area contributed by atoms with Crippen molar-refractivity contribution in [3.05, 3.63) is 30.1 Å². The molecule has 0 amide bonds. The number of hydrogen-bond acceptors (Lipinski definition) is 2. The minimum atomic E-state index is 0.0677. The highest BCUT2D eigenvalue weighted by Crippen LogP contribution is 2.25. The molecular weight excluding hydrogens is 210 g/mol. The second-order valence-corrected chi connectivity index (χ2v) is 4.82. The van der Waals surface area contributed by atoms with Gasteiger partial charge in [0.15, 0.2) is 0 Å².